The number of nitrogens with one attached hydrogen (secondary N) is 2. The molecule has 5 heteroatoms. The molecule has 0 aliphatic carbocycles. The molecule has 0 aliphatic rings. The first kappa shape index (κ1) is 14.7. The third kappa shape index (κ3) is 4.14. The van der Waals surface area contributed by atoms with E-state index in [1.807, 2.05) is 26.0 Å². The molecule has 1 aromatic heterocycles. The highest BCUT2D eigenvalue weighted by Gasteiger charge is 2.14. The van der Waals surface area contributed by atoms with E-state index in [2.05, 4.69) is 15.6 Å². The Labute approximate surface area is 123 Å². The van der Waals surface area contributed by atoms with Crippen molar-refractivity contribution in [2.24, 2.45) is 0 Å². The van der Waals surface area contributed by atoms with Crippen molar-refractivity contribution >= 4 is 17.5 Å². The molecular weight excluding hydrogens is 266 g/mol. The van der Waals surface area contributed by atoms with Gasteiger partial charge < -0.3 is 10.6 Å². The first-order chi connectivity index (χ1) is 10.1. The maximum absolute atomic E-state index is 11.8. The van der Waals surface area contributed by atoms with Gasteiger partial charge in [0.1, 0.15) is 0 Å². The van der Waals surface area contributed by atoms with Crippen LogP contribution < -0.4 is 10.6 Å². The second kappa shape index (κ2) is 6.65. The molecule has 0 bridgehead atoms. The van der Waals surface area contributed by atoms with Crippen molar-refractivity contribution in [3.63, 3.8) is 0 Å². The number of amides is 2. The first-order valence-corrected chi connectivity index (χ1v) is 6.61. The fourth-order valence-electron chi connectivity index (χ4n) is 1.90. The molecule has 21 heavy (non-hydrogen) atoms. The lowest BCUT2D eigenvalue weighted by Crippen LogP contribution is -2.35. The number of rotatable bonds is 3. The molecule has 0 saturated heterocycles. The van der Waals surface area contributed by atoms with Crippen LogP contribution in [0.3, 0.4) is 0 Å². The van der Waals surface area contributed by atoms with Crippen LogP contribution in [0.5, 0.6) is 0 Å². The lowest BCUT2D eigenvalue weighted by Gasteiger charge is -2.09. The summed E-state index contributed by atoms with van der Waals surface area (Å²) in [6, 6.07) is 9.19. The number of pyridine rings is 1. The van der Waals surface area contributed by atoms with Crippen LogP contribution in [0.4, 0.5) is 5.69 Å². The van der Waals surface area contributed by atoms with Crippen LogP contribution in [0.1, 0.15) is 16.7 Å². The van der Waals surface area contributed by atoms with E-state index in [-0.39, 0.29) is 0 Å². The van der Waals surface area contributed by atoms with Gasteiger partial charge in [0, 0.05) is 24.6 Å². The van der Waals surface area contributed by atoms with Crippen molar-refractivity contribution in [3.8, 4) is 0 Å². The van der Waals surface area contributed by atoms with Crippen molar-refractivity contribution in [2.75, 3.05) is 5.32 Å². The lowest BCUT2D eigenvalue weighted by atomic mass is 10.1. The van der Waals surface area contributed by atoms with Gasteiger partial charge in [0.2, 0.25) is 0 Å². The molecule has 2 N–H and O–H groups in total. The number of anilines is 1. The number of hydrogen-bond donors (Lipinski definition) is 2. The maximum atomic E-state index is 11.8. The van der Waals surface area contributed by atoms with Gasteiger partial charge in [0.25, 0.3) is 0 Å². The number of aryl methyl sites for hydroxylation is 2. The Balaban J connectivity index is 1.92. The Morgan fingerprint density at radius 1 is 1.05 bits per heavy atom. The van der Waals surface area contributed by atoms with Crippen LogP contribution in [0, 0.1) is 13.8 Å². The highest BCUT2D eigenvalue weighted by atomic mass is 16.2. The predicted octanol–water partition coefficient (Wildman–Crippen LogP) is 1.95. The minimum Gasteiger partial charge on any atom is -0.344 e. The smallest absolute Gasteiger partial charge is 0.313 e. The summed E-state index contributed by atoms with van der Waals surface area (Å²) in [6.07, 6.45) is 3.27. The van der Waals surface area contributed by atoms with Gasteiger partial charge in [-0.05, 0) is 43.2 Å². The first-order valence-electron chi connectivity index (χ1n) is 6.61. The summed E-state index contributed by atoms with van der Waals surface area (Å²) in [5.74, 6) is -1.33. The van der Waals surface area contributed by atoms with Crippen LogP contribution >= 0.6 is 0 Å². The number of aromatic nitrogens is 1. The molecule has 0 saturated carbocycles. The molecule has 2 amide bonds. The fourth-order valence-corrected chi connectivity index (χ4v) is 1.90. The van der Waals surface area contributed by atoms with Crippen LogP contribution in [0.2, 0.25) is 0 Å². The largest absolute Gasteiger partial charge is 0.344 e. The summed E-state index contributed by atoms with van der Waals surface area (Å²) in [6.45, 7) is 4.15. The average Bonchev–Trinajstić information content (AvgIpc) is 2.48. The standard InChI is InChI=1S/C16H17N3O2/c1-11-3-4-14(12(2)9-11)19-16(21)15(20)18-10-13-5-7-17-8-6-13/h3-9H,10H2,1-2H3,(H,18,20)(H,19,21). The summed E-state index contributed by atoms with van der Waals surface area (Å²) in [5.41, 5.74) is 3.56. The Kier molecular flexibility index (Phi) is 4.66. The number of carbonyl (C=O) groups is 2. The quantitative estimate of drug-likeness (QED) is 0.846. The van der Waals surface area contributed by atoms with E-state index in [9.17, 15) is 9.59 Å². The molecule has 2 rings (SSSR count). The zero-order valence-electron chi connectivity index (χ0n) is 12.0. The van der Waals surface area contributed by atoms with E-state index < -0.39 is 11.8 Å². The van der Waals surface area contributed by atoms with Gasteiger partial charge in [-0.25, -0.2) is 0 Å². The van der Waals surface area contributed by atoms with Crippen LogP contribution in [0.25, 0.3) is 0 Å². The second-order valence-electron chi connectivity index (χ2n) is 4.81. The maximum Gasteiger partial charge on any atom is 0.313 e. The molecule has 1 heterocycles. The van der Waals surface area contributed by atoms with Gasteiger partial charge in [-0.3, -0.25) is 14.6 Å². The van der Waals surface area contributed by atoms with Crippen molar-refractivity contribution in [1.82, 2.24) is 10.3 Å². The van der Waals surface area contributed by atoms with Gasteiger partial charge in [-0.15, -0.1) is 0 Å². The SMILES string of the molecule is Cc1ccc(NC(=O)C(=O)NCc2ccncc2)c(C)c1. The zero-order chi connectivity index (χ0) is 15.2. The van der Waals surface area contributed by atoms with Gasteiger partial charge in [0.15, 0.2) is 0 Å². The molecule has 0 unspecified atom stereocenters. The average molecular weight is 283 g/mol. The summed E-state index contributed by atoms with van der Waals surface area (Å²) in [4.78, 5) is 27.5. The third-order valence-corrected chi connectivity index (χ3v) is 3.04. The van der Waals surface area contributed by atoms with Crippen molar-refractivity contribution in [2.45, 2.75) is 20.4 Å². The van der Waals surface area contributed by atoms with E-state index >= 15 is 0 Å². The Morgan fingerprint density at radius 3 is 2.43 bits per heavy atom. The molecule has 0 spiro atoms. The van der Waals surface area contributed by atoms with Crippen molar-refractivity contribution < 1.29 is 9.59 Å². The molecule has 108 valence electrons. The molecule has 0 fully saturated rings. The number of carbonyl (C=O) groups excluding carboxylic acids is 2. The van der Waals surface area contributed by atoms with Gasteiger partial charge in [-0.2, -0.15) is 0 Å². The zero-order valence-corrected chi connectivity index (χ0v) is 12.0. The summed E-state index contributed by atoms with van der Waals surface area (Å²) < 4.78 is 0. The molecule has 0 atom stereocenters. The molecule has 1 aromatic carbocycles. The minimum atomic E-state index is -0.670. The van der Waals surface area contributed by atoms with E-state index in [0.29, 0.717) is 12.2 Å². The monoisotopic (exact) mass is 283 g/mol. The number of nitrogens with zero attached hydrogens (tertiary/aromatic N) is 1. The molecule has 5 nitrogen and oxygen atoms in total. The van der Waals surface area contributed by atoms with E-state index in [4.69, 9.17) is 0 Å². The normalized spacial score (nSPS) is 10.0. The fraction of sp³-hybridized carbons (Fsp3) is 0.188. The Hall–Kier alpha value is -2.69. The minimum absolute atomic E-state index is 0.293. The molecular formula is C16H17N3O2. The van der Waals surface area contributed by atoms with Gasteiger partial charge >= 0.3 is 11.8 Å². The highest BCUT2D eigenvalue weighted by molar-refractivity contribution is 6.39. The molecule has 0 aliphatic heterocycles. The van der Waals surface area contributed by atoms with Crippen LogP contribution in [-0.4, -0.2) is 16.8 Å². The van der Waals surface area contributed by atoms with Crippen molar-refractivity contribution in [1.29, 1.82) is 0 Å². The number of benzene rings is 1. The topological polar surface area (TPSA) is 71.1 Å². The van der Waals surface area contributed by atoms with Crippen LogP contribution in [0.15, 0.2) is 42.7 Å². The van der Waals surface area contributed by atoms with Gasteiger partial charge in [-0.1, -0.05) is 17.7 Å². The Bertz CT molecular complexity index is 654. The lowest BCUT2D eigenvalue weighted by molar-refractivity contribution is -0.136. The summed E-state index contributed by atoms with van der Waals surface area (Å²) in [7, 11) is 0. The van der Waals surface area contributed by atoms with Crippen LogP contribution in [-0.2, 0) is 16.1 Å². The number of hydrogen-bond acceptors (Lipinski definition) is 3. The second-order valence-corrected chi connectivity index (χ2v) is 4.81. The highest BCUT2D eigenvalue weighted by Crippen LogP contribution is 2.15. The predicted molar refractivity (Wildman–Crippen MR) is 80.6 cm³/mol. The van der Waals surface area contributed by atoms with Crippen molar-refractivity contribution in [3.05, 3.63) is 59.4 Å². The van der Waals surface area contributed by atoms with Gasteiger partial charge in [0.05, 0.1) is 0 Å². The Morgan fingerprint density at radius 2 is 1.76 bits per heavy atom. The van der Waals surface area contributed by atoms with E-state index in [1.165, 1.54) is 0 Å². The summed E-state index contributed by atoms with van der Waals surface area (Å²) >= 11 is 0. The molecule has 2 aromatic rings. The molecule has 0 radical (unpaired) electrons. The third-order valence-electron chi connectivity index (χ3n) is 3.04. The van der Waals surface area contributed by atoms with E-state index in [1.54, 1.807) is 30.6 Å². The van der Waals surface area contributed by atoms with E-state index in [0.717, 1.165) is 16.7 Å². The summed E-state index contributed by atoms with van der Waals surface area (Å²) in [5, 5.41) is 5.18.